The third kappa shape index (κ3) is 5.87. The molecule has 2 aliphatic rings. The number of benzene rings is 1. The lowest BCUT2D eigenvalue weighted by Crippen LogP contribution is -2.52. The lowest BCUT2D eigenvalue weighted by atomic mass is 9.94. The van der Waals surface area contributed by atoms with Gasteiger partial charge in [0.1, 0.15) is 5.82 Å². The Hall–Kier alpha value is -3.10. The van der Waals surface area contributed by atoms with Gasteiger partial charge in [0.15, 0.2) is 0 Å². The van der Waals surface area contributed by atoms with Crippen LogP contribution in [0.2, 0.25) is 0 Å². The van der Waals surface area contributed by atoms with Crippen LogP contribution in [0.15, 0.2) is 48.7 Å². The molecule has 2 fully saturated rings. The van der Waals surface area contributed by atoms with Gasteiger partial charge in [-0.2, -0.15) is 13.2 Å². The van der Waals surface area contributed by atoms with Gasteiger partial charge in [0, 0.05) is 57.8 Å². The molecule has 0 unspecified atom stereocenters. The van der Waals surface area contributed by atoms with E-state index in [0.717, 1.165) is 24.2 Å². The third-order valence-corrected chi connectivity index (χ3v) is 6.66. The number of hydrogen-bond donors (Lipinski definition) is 0. The van der Waals surface area contributed by atoms with E-state index in [1.807, 2.05) is 45.0 Å². The average molecular weight is 475 g/mol. The number of carbonyl (C=O) groups is 2. The van der Waals surface area contributed by atoms with Gasteiger partial charge in [-0.05, 0) is 37.0 Å². The van der Waals surface area contributed by atoms with E-state index < -0.39 is 11.7 Å². The number of likely N-dealkylation sites (tertiary alicyclic amines) is 1. The number of pyridine rings is 1. The molecule has 2 aliphatic heterocycles. The van der Waals surface area contributed by atoms with Crippen molar-refractivity contribution in [2.75, 3.05) is 44.2 Å². The highest BCUT2D eigenvalue weighted by atomic mass is 19.4. The number of anilines is 1. The topological polar surface area (TPSA) is 56.8 Å². The van der Waals surface area contributed by atoms with Crippen LogP contribution in [0.3, 0.4) is 0 Å². The van der Waals surface area contributed by atoms with Gasteiger partial charge in [-0.3, -0.25) is 9.59 Å². The minimum atomic E-state index is -4.40. The van der Waals surface area contributed by atoms with Gasteiger partial charge >= 0.3 is 6.18 Å². The number of piperidine rings is 1. The van der Waals surface area contributed by atoms with Crippen LogP contribution < -0.4 is 4.90 Å². The second kappa shape index (κ2) is 10.4. The Morgan fingerprint density at radius 1 is 0.882 bits per heavy atom. The van der Waals surface area contributed by atoms with Crippen LogP contribution in [0.5, 0.6) is 0 Å². The van der Waals surface area contributed by atoms with Crippen LogP contribution in [-0.4, -0.2) is 65.9 Å². The molecule has 6 nitrogen and oxygen atoms in total. The number of aryl methyl sites for hydroxylation is 1. The molecule has 0 spiro atoms. The van der Waals surface area contributed by atoms with Gasteiger partial charge in [0.05, 0.1) is 5.56 Å². The van der Waals surface area contributed by atoms with Crippen molar-refractivity contribution in [2.24, 2.45) is 5.92 Å². The van der Waals surface area contributed by atoms with Crippen LogP contribution in [0.4, 0.5) is 19.0 Å². The normalized spacial score (nSPS) is 17.7. The highest BCUT2D eigenvalue weighted by molar-refractivity contribution is 5.80. The summed E-state index contributed by atoms with van der Waals surface area (Å²) in [7, 11) is 0. The summed E-state index contributed by atoms with van der Waals surface area (Å²) in [6, 6.07) is 12.4. The van der Waals surface area contributed by atoms with E-state index in [4.69, 9.17) is 0 Å². The zero-order chi connectivity index (χ0) is 24.1. The van der Waals surface area contributed by atoms with E-state index >= 15 is 0 Å². The molecule has 9 heteroatoms. The highest BCUT2D eigenvalue weighted by Crippen LogP contribution is 2.29. The fraction of sp³-hybridized carbons (Fsp3) is 0.480. The molecular formula is C25H29F3N4O2. The Morgan fingerprint density at radius 3 is 2.15 bits per heavy atom. The fourth-order valence-electron chi connectivity index (χ4n) is 4.58. The zero-order valence-corrected chi connectivity index (χ0v) is 19.0. The molecule has 182 valence electrons. The number of halogens is 3. The van der Waals surface area contributed by atoms with Crippen molar-refractivity contribution in [3.63, 3.8) is 0 Å². The van der Waals surface area contributed by atoms with Gasteiger partial charge in [-0.25, -0.2) is 4.98 Å². The number of nitrogens with zero attached hydrogens (tertiary/aromatic N) is 4. The molecule has 3 heterocycles. The molecule has 2 amide bonds. The molecule has 0 aliphatic carbocycles. The Labute approximate surface area is 197 Å². The van der Waals surface area contributed by atoms with E-state index in [1.165, 1.54) is 6.07 Å². The minimum Gasteiger partial charge on any atom is -0.353 e. The Morgan fingerprint density at radius 2 is 1.56 bits per heavy atom. The highest BCUT2D eigenvalue weighted by Gasteiger charge is 2.33. The lowest BCUT2D eigenvalue weighted by molar-refractivity contribution is -0.141. The molecule has 0 N–H and O–H groups in total. The molecular weight excluding hydrogens is 445 g/mol. The Kier molecular flexibility index (Phi) is 7.38. The molecule has 4 rings (SSSR count). The van der Waals surface area contributed by atoms with Crippen molar-refractivity contribution in [3.05, 3.63) is 59.8 Å². The first-order valence-electron chi connectivity index (χ1n) is 11.7. The van der Waals surface area contributed by atoms with Crippen molar-refractivity contribution in [3.8, 4) is 0 Å². The van der Waals surface area contributed by atoms with Gasteiger partial charge in [0.2, 0.25) is 11.8 Å². The standard InChI is InChI=1S/C25H29F3N4O2/c26-25(27,28)21-7-8-22(29-18-21)30-14-16-32(17-15-30)24(34)20-10-12-31(13-11-20)23(33)9-6-19-4-2-1-3-5-19/h1-5,7-8,18,20H,6,9-17H2. The van der Waals surface area contributed by atoms with Gasteiger partial charge < -0.3 is 14.7 Å². The number of amides is 2. The first-order valence-corrected chi connectivity index (χ1v) is 11.7. The number of rotatable bonds is 5. The van der Waals surface area contributed by atoms with Gasteiger partial charge in [-0.15, -0.1) is 0 Å². The van der Waals surface area contributed by atoms with E-state index in [2.05, 4.69) is 4.98 Å². The van der Waals surface area contributed by atoms with E-state index in [1.54, 1.807) is 0 Å². The van der Waals surface area contributed by atoms with Crippen LogP contribution in [-0.2, 0) is 22.2 Å². The summed E-state index contributed by atoms with van der Waals surface area (Å²) in [5.41, 5.74) is 0.376. The lowest BCUT2D eigenvalue weighted by Gasteiger charge is -2.39. The van der Waals surface area contributed by atoms with Crippen LogP contribution in [0, 0.1) is 5.92 Å². The smallest absolute Gasteiger partial charge is 0.353 e. The molecule has 2 aromatic rings. The molecule has 1 aromatic carbocycles. The van der Waals surface area contributed by atoms with Crippen LogP contribution >= 0.6 is 0 Å². The predicted molar refractivity (Wildman–Crippen MR) is 122 cm³/mol. The predicted octanol–water partition coefficient (Wildman–Crippen LogP) is 3.62. The molecule has 0 bridgehead atoms. The first-order chi connectivity index (χ1) is 16.3. The Balaban J connectivity index is 1.21. The summed E-state index contributed by atoms with van der Waals surface area (Å²) in [5.74, 6) is 0.639. The number of piperazine rings is 1. The Bertz CT molecular complexity index is 966. The van der Waals surface area contributed by atoms with Crippen molar-refractivity contribution >= 4 is 17.6 Å². The van der Waals surface area contributed by atoms with E-state index in [9.17, 15) is 22.8 Å². The van der Waals surface area contributed by atoms with Crippen molar-refractivity contribution in [1.82, 2.24) is 14.8 Å². The molecule has 0 saturated carbocycles. The zero-order valence-electron chi connectivity index (χ0n) is 19.0. The summed E-state index contributed by atoms with van der Waals surface area (Å²) in [6.45, 7) is 3.27. The largest absolute Gasteiger partial charge is 0.417 e. The molecule has 34 heavy (non-hydrogen) atoms. The number of alkyl halides is 3. The van der Waals surface area contributed by atoms with Crippen molar-refractivity contribution < 1.29 is 22.8 Å². The summed E-state index contributed by atoms with van der Waals surface area (Å²) in [4.78, 5) is 35.1. The summed E-state index contributed by atoms with van der Waals surface area (Å²) < 4.78 is 38.2. The molecule has 0 radical (unpaired) electrons. The third-order valence-electron chi connectivity index (χ3n) is 6.66. The molecule has 2 saturated heterocycles. The quantitative estimate of drug-likeness (QED) is 0.664. The van der Waals surface area contributed by atoms with Gasteiger partial charge in [0.25, 0.3) is 0 Å². The summed E-state index contributed by atoms with van der Waals surface area (Å²) in [6.07, 6.45) is -1.03. The number of aromatic nitrogens is 1. The first kappa shape index (κ1) is 24.0. The monoisotopic (exact) mass is 474 g/mol. The van der Waals surface area contributed by atoms with Crippen molar-refractivity contribution in [1.29, 1.82) is 0 Å². The van der Waals surface area contributed by atoms with Crippen LogP contribution in [0.1, 0.15) is 30.4 Å². The van der Waals surface area contributed by atoms with Gasteiger partial charge in [-0.1, -0.05) is 30.3 Å². The average Bonchev–Trinajstić information content (AvgIpc) is 2.87. The summed E-state index contributed by atoms with van der Waals surface area (Å²) >= 11 is 0. The molecule has 1 aromatic heterocycles. The maximum Gasteiger partial charge on any atom is 0.417 e. The van der Waals surface area contributed by atoms with E-state index in [0.29, 0.717) is 64.3 Å². The minimum absolute atomic E-state index is 0.0890. The summed E-state index contributed by atoms with van der Waals surface area (Å²) in [5, 5.41) is 0. The maximum absolute atomic E-state index is 13.0. The number of hydrogen-bond acceptors (Lipinski definition) is 4. The second-order valence-corrected chi connectivity index (χ2v) is 8.86. The fourth-order valence-corrected chi connectivity index (χ4v) is 4.58. The second-order valence-electron chi connectivity index (χ2n) is 8.86. The van der Waals surface area contributed by atoms with Crippen LogP contribution in [0.25, 0.3) is 0 Å². The molecule has 0 atom stereocenters. The van der Waals surface area contributed by atoms with E-state index in [-0.39, 0.29) is 17.7 Å². The van der Waals surface area contributed by atoms with Crippen molar-refractivity contribution in [2.45, 2.75) is 31.9 Å². The maximum atomic E-state index is 13.0. The SMILES string of the molecule is O=C(CCc1ccccc1)N1CCC(C(=O)N2CCN(c3ccc(C(F)(F)F)cn3)CC2)CC1. The number of carbonyl (C=O) groups excluding carboxylic acids is 2.